The van der Waals surface area contributed by atoms with Gasteiger partial charge in [0.25, 0.3) is 0 Å². The first-order valence-electron chi connectivity index (χ1n) is 7.66. The number of halogens is 4. The van der Waals surface area contributed by atoms with Crippen molar-refractivity contribution in [3.63, 3.8) is 0 Å². The Hall–Kier alpha value is -2.86. The number of hydrogen-bond donors (Lipinski definition) is 1. The van der Waals surface area contributed by atoms with Crippen molar-refractivity contribution in [1.82, 2.24) is 0 Å². The van der Waals surface area contributed by atoms with Gasteiger partial charge in [0.2, 0.25) is 5.91 Å². The fourth-order valence-electron chi connectivity index (χ4n) is 2.47. The number of nitrogens with one attached hydrogen (secondary N) is 1. The number of hydrogen-bond acceptors (Lipinski definition) is 4. The molecule has 138 valence electrons. The Morgan fingerprint density at radius 1 is 1.26 bits per heavy atom. The van der Waals surface area contributed by atoms with Gasteiger partial charge in [-0.3, -0.25) is 9.79 Å². The van der Waals surface area contributed by atoms with Gasteiger partial charge in [-0.1, -0.05) is 12.1 Å². The molecule has 4 nitrogen and oxygen atoms in total. The second-order valence-corrected chi connectivity index (χ2v) is 6.64. The molecule has 0 saturated heterocycles. The van der Waals surface area contributed by atoms with E-state index in [0.29, 0.717) is 16.4 Å². The molecular formula is C18H11F4N3OS. The number of rotatable bonds is 3. The predicted octanol–water partition coefficient (Wildman–Crippen LogP) is 4.22. The van der Waals surface area contributed by atoms with Crippen molar-refractivity contribution in [1.29, 1.82) is 5.26 Å². The van der Waals surface area contributed by atoms with Gasteiger partial charge in [0, 0.05) is 17.0 Å². The highest BCUT2D eigenvalue weighted by molar-refractivity contribution is 8.14. The molecule has 0 radical (unpaired) electrons. The predicted molar refractivity (Wildman–Crippen MR) is 94.0 cm³/mol. The van der Waals surface area contributed by atoms with Gasteiger partial charge in [-0.05, 0) is 30.3 Å². The molecule has 0 spiro atoms. The zero-order valence-electron chi connectivity index (χ0n) is 13.5. The maximum atomic E-state index is 13.3. The summed E-state index contributed by atoms with van der Waals surface area (Å²) in [6, 6.07) is 9.38. The first kappa shape index (κ1) is 18.9. The summed E-state index contributed by atoms with van der Waals surface area (Å²) in [6.07, 6.45) is -4.71. The van der Waals surface area contributed by atoms with Crippen molar-refractivity contribution in [3.05, 3.63) is 65.0 Å². The molecule has 0 aromatic heterocycles. The van der Waals surface area contributed by atoms with Gasteiger partial charge in [0.1, 0.15) is 11.9 Å². The third-order valence-corrected chi connectivity index (χ3v) is 4.84. The maximum Gasteiger partial charge on any atom is 0.417 e. The first-order valence-corrected chi connectivity index (χ1v) is 8.65. The minimum absolute atomic E-state index is 0.0780. The van der Waals surface area contributed by atoms with Crippen molar-refractivity contribution in [3.8, 4) is 6.07 Å². The average molecular weight is 393 g/mol. The standard InChI is InChI=1S/C18H11F4N3OS/c19-12-3-1-2-10(6-12)17-25-15(9-27-17)16(26)24-13-5-4-11(8-23)14(7-13)18(20,21)22/h1-7,15H,9H2,(H,24,26). The van der Waals surface area contributed by atoms with Crippen LogP contribution in [0.2, 0.25) is 0 Å². The number of amides is 1. The van der Waals surface area contributed by atoms with E-state index in [1.165, 1.54) is 42.1 Å². The van der Waals surface area contributed by atoms with Crippen molar-refractivity contribution >= 4 is 28.4 Å². The Balaban J connectivity index is 1.78. The van der Waals surface area contributed by atoms with Crippen LogP contribution in [0.4, 0.5) is 23.2 Å². The lowest BCUT2D eigenvalue weighted by atomic mass is 10.1. The van der Waals surface area contributed by atoms with Gasteiger partial charge in [0.05, 0.1) is 22.2 Å². The van der Waals surface area contributed by atoms with Crippen LogP contribution >= 0.6 is 11.8 Å². The summed E-state index contributed by atoms with van der Waals surface area (Å²) in [5.74, 6) is -0.715. The van der Waals surface area contributed by atoms with Gasteiger partial charge < -0.3 is 5.32 Å². The lowest BCUT2D eigenvalue weighted by molar-refractivity contribution is -0.137. The van der Waals surface area contributed by atoms with Gasteiger partial charge in [-0.25, -0.2) is 4.39 Å². The smallest absolute Gasteiger partial charge is 0.324 e. The highest BCUT2D eigenvalue weighted by Gasteiger charge is 2.34. The van der Waals surface area contributed by atoms with Crippen LogP contribution in [0, 0.1) is 17.1 Å². The topological polar surface area (TPSA) is 65.2 Å². The lowest BCUT2D eigenvalue weighted by Gasteiger charge is -2.12. The molecule has 1 N–H and O–H groups in total. The van der Waals surface area contributed by atoms with Gasteiger partial charge >= 0.3 is 6.18 Å². The van der Waals surface area contributed by atoms with Gasteiger partial charge in [0.15, 0.2) is 0 Å². The third kappa shape index (κ3) is 4.28. The van der Waals surface area contributed by atoms with E-state index in [1.54, 1.807) is 6.07 Å². The SMILES string of the molecule is N#Cc1ccc(NC(=O)C2CSC(c3cccc(F)c3)=N2)cc1C(F)(F)F. The molecule has 0 aliphatic carbocycles. The molecule has 3 rings (SSSR count). The number of alkyl halides is 3. The van der Waals surface area contributed by atoms with E-state index in [1.807, 2.05) is 0 Å². The molecule has 1 aliphatic rings. The Morgan fingerprint density at radius 2 is 2.04 bits per heavy atom. The highest BCUT2D eigenvalue weighted by Crippen LogP contribution is 2.34. The number of carbonyl (C=O) groups is 1. The Morgan fingerprint density at radius 3 is 2.70 bits per heavy atom. The quantitative estimate of drug-likeness (QED) is 0.795. The monoisotopic (exact) mass is 393 g/mol. The van der Waals surface area contributed by atoms with Crippen LogP contribution in [0.5, 0.6) is 0 Å². The van der Waals surface area contributed by atoms with E-state index in [9.17, 15) is 22.4 Å². The second-order valence-electron chi connectivity index (χ2n) is 5.63. The molecule has 9 heteroatoms. The molecule has 2 aromatic rings. The molecule has 1 atom stereocenters. The number of anilines is 1. The zero-order chi connectivity index (χ0) is 19.6. The van der Waals surface area contributed by atoms with E-state index >= 15 is 0 Å². The fraction of sp³-hybridized carbons (Fsp3) is 0.167. The summed E-state index contributed by atoms with van der Waals surface area (Å²) in [6.45, 7) is 0. The van der Waals surface area contributed by atoms with Crippen molar-refractivity contribution in [2.75, 3.05) is 11.1 Å². The summed E-state index contributed by atoms with van der Waals surface area (Å²) in [5, 5.41) is 11.7. The maximum absolute atomic E-state index is 13.3. The normalized spacial score (nSPS) is 16.6. The number of nitrogens with zero attached hydrogens (tertiary/aromatic N) is 2. The first-order chi connectivity index (χ1) is 12.8. The van der Waals surface area contributed by atoms with Crippen LogP contribution in [0.25, 0.3) is 0 Å². The lowest BCUT2D eigenvalue weighted by Crippen LogP contribution is -2.26. The highest BCUT2D eigenvalue weighted by atomic mass is 32.2. The summed E-state index contributed by atoms with van der Waals surface area (Å²) < 4.78 is 52.3. The summed E-state index contributed by atoms with van der Waals surface area (Å²) in [7, 11) is 0. The zero-order valence-corrected chi connectivity index (χ0v) is 14.4. The Kier molecular flexibility index (Phi) is 5.19. The minimum atomic E-state index is -4.71. The van der Waals surface area contributed by atoms with Crippen LogP contribution < -0.4 is 5.32 Å². The third-order valence-electron chi connectivity index (χ3n) is 3.74. The molecule has 1 amide bonds. The second kappa shape index (κ2) is 7.40. The molecule has 0 fully saturated rings. The van der Waals surface area contributed by atoms with Crippen molar-refractivity contribution < 1.29 is 22.4 Å². The number of benzene rings is 2. The molecule has 1 heterocycles. The summed E-state index contributed by atoms with van der Waals surface area (Å²) in [5.41, 5.74) is -1.19. The van der Waals surface area contributed by atoms with Crippen LogP contribution in [0.15, 0.2) is 47.5 Å². The Bertz CT molecular complexity index is 966. The van der Waals surface area contributed by atoms with Crippen LogP contribution in [0.1, 0.15) is 16.7 Å². The van der Waals surface area contributed by atoms with Gasteiger partial charge in [-0.2, -0.15) is 18.4 Å². The molecule has 0 saturated carbocycles. The number of thioether (sulfide) groups is 1. The van der Waals surface area contributed by atoms with Crippen LogP contribution in [-0.4, -0.2) is 22.7 Å². The average Bonchev–Trinajstić information content (AvgIpc) is 3.11. The minimum Gasteiger partial charge on any atom is -0.324 e. The molecular weight excluding hydrogens is 382 g/mol. The number of carbonyl (C=O) groups excluding carboxylic acids is 1. The van der Waals surface area contributed by atoms with E-state index in [2.05, 4.69) is 10.3 Å². The summed E-state index contributed by atoms with van der Waals surface area (Å²) >= 11 is 1.26. The van der Waals surface area contributed by atoms with E-state index in [-0.39, 0.29) is 5.69 Å². The van der Waals surface area contributed by atoms with E-state index in [4.69, 9.17) is 5.26 Å². The number of aliphatic imine (C=N–C) groups is 1. The fourth-order valence-corrected chi connectivity index (χ4v) is 3.50. The molecule has 1 aliphatic heterocycles. The van der Waals surface area contributed by atoms with Gasteiger partial charge in [-0.15, -0.1) is 11.8 Å². The number of nitriles is 1. The Labute approximate surface area is 155 Å². The largest absolute Gasteiger partial charge is 0.417 e. The van der Waals surface area contributed by atoms with Crippen molar-refractivity contribution in [2.45, 2.75) is 12.2 Å². The van der Waals surface area contributed by atoms with E-state index < -0.39 is 35.1 Å². The molecule has 27 heavy (non-hydrogen) atoms. The van der Waals surface area contributed by atoms with E-state index in [0.717, 1.165) is 12.1 Å². The molecule has 1 unspecified atom stereocenters. The van der Waals surface area contributed by atoms with Crippen LogP contribution in [-0.2, 0) is 11.0 Å². The van der Waals surface area contributed by atoms with Crippen molar-refractivity contribution in [2.24, 2.45) is 4.99 Å². The molecule has 2 aromatic carbocycles. The molecule has 0 bridgehead atoms. The summed E-state index contributed by atoms with van der Waals surface area (Å²) in [4.78, 5) is 16.5. The van der Waals surface area contributed by atoms with Crippen LogP contribution in [0.3, 0.4) is 0 Å².